The van der Waals surface area contributed by atoms with Crippen LogP contribution in [-0.4, -0.2) is 11.8 Å². The van der Waals surface area contributed by atoms with E-state index in [4.69, 9.17) is 11.6 Å². The molecule has 0 aromatic heterocycles. The van der Waals surface area contributed by atoms with Crippen LogP contribution in [0, 0.1) is 5.41 Å². The molecule has 0 saturated carbocycles. The molecule has 18 heavy (non-hydrogen) atoms. The Kier molecular flexibility index (Phi) is 3.52. The highest BCUT2D eigenvalue weighted by molar-refractivity contribution is 9.10. The number of hydrogen-bond acceptors (Lipinski definition) is 2. The van der Waals surface area contributed by atoms with Gasteiger partial charge in [-0.05, 0) is 39.5 Å². The van der Waals surface area contributed by atoms with E-state index < -0.39 is 0 Å². The molecular weight excluding hydrogens is 318 g/mol. The summed E-state index contributed by atoms with van der Waals surface area (Å²) < 4.78 is 0.688. The average Bonchev–Trinajstić information content (AvgIpc) is 2.20. The molecule has 0 unspecified atom stereocenters. The maximum atomic E-state index is 12.1. The van der Waals surface area contributed by atoms with Gasteiger partial charge in [-0.25, -0.2) is 4.90 Å². The lowest BCUT2D eigenvalue weighted by atomic mass is 9.81. The molecule has 2 amide bonds. The van der Waals surface area contributed by atoms with Crippen LogP contribution in [0.15, 0.2) is 22.7 Å². The summed E-state index contributed by atoms with van der Waals surface area (Å²) >= 11 is 9.26. The Labute approximate surface area is 119 Å². The number of carbonyl (C=O) groups is 2. The van der Waals surface area contributed by atoms with Crippen LogP contribution in [0.2, 0.25) is 5.02 Å². The van der Waals surface area contributed by atoms with E-state index in [-0.39, 0.29) is 17.2 Å². The van der Waals surface area contributed by atoms with Crippen molar-refractivity contribution < 1.29 is 9.59 Å². The molecule has 0 N–H and O–H groups in total. The Morgan fingerprint density at radius 1 is 1.22 bits per heavy atom. The van der Waals surface area contributed by atoms with E-state index in [2.05, 4.69) is 15.9 Å². The number of amides is 2. The number of imide groups is 1. The van der Waals surface area contributed by atoms with Gasteiger partial charge in [0.1, 0.15) is 0 Å². The summed E-state index contributed by atoms with van der Waals surface area (Å²) in [5.41, 5.74) is 0.253. The molecule has 0 atom stereocenters. The minimum Gasteiger partial charge on any atom is -0.274 e. The lowest BCUT2D eigenvalue weighted by Gasteiger charge is -2.35. The number of nitrogens with zero attached hydrogens (tertiary/aromatic N) is 1. The van der Waals surface area contributed by atoms with Gasteiger partial charge in [-0.15, -0.1) is 0 Å². The van der Waals surface area contributed by atoms with Crippen LogP contribution >= 0.6 is 27.5 Å². The van der Waals surface area contributed by atoms with Crippen molar-refractivity contribution in [1.29, 1.82) is 0 Å². The van der Waals surface area contributed by atoms with E-state index >= 15 is 0 Å². The number of rotatable bonds is 1. The first-order chi connectivity index (χ1) is 8.30. The number of piperidine rings is 1. The second-order valence-corrected chi connectivity index (χ2v) is 6.53. The SMILES string of the molecule is CC1(C)CC(=O)N(c2cc(Cl)ccc2Br)C(=O)C1. The van der Waals surface area contributed by atoms with Crippen LogP contribution in [0.5, 0.6) is 0 Å². The summed E-state index contributed by atoms with van der Waals surface area (Å²) in [6, 6.07) is 5.07. The van der Waals surface area contributed by atoms with E-state index in [0.29, 0.717) is 28.0 Å². The normalized spacial score (nSPS) is 19.2. The van der Waals surface area contributed by atoms with Gasteiger partial charge >= 0.3 is 0 Å². The van der Waals surface area contributed by atoms with Crippen LogP contribution in [-0.2, 0) is 9.59 Å². The van der Waals surface area contributed by atoms with Gasteiger partial charge in [0.05, 0.1) is 5.69 Å². The standard InChI is InChI=1S/C13H13BrClNO2/c1-13(2)6-11(17)16(12(18)7-13)10-5-8(15)3-4-9(10)14/h3-5H,6-7H2,1-2H3. The maximum Gasteiger partial charge on any atom is 0.234 e. The van der Waals surface area contributed by atoms with E-state index in [1.807, 2.05) is 13.8 Å². The highest BCUT2D eigenvalue weighted by Gasteiger charge is 2.38. The molecule has 1 aliphatic rings. The molecule has 0 aliphatic carbocycles. The Balaban J connectivity index is 2.42. The van der Waals surface area contributed by atoms with Gasteiger partial charge in [-0.1, -0.05) is 25.4 Å². The van der Waals surface area contributed by atoms with Crippen molar-refractivity contribution in [3.05, 3.63) is 27.7 Å². The summed E-state index contributed by atoms with van der Waals surface area (Å²) in [6.07, 6.45) is 0.718. The number of hydrogen-bond donors (Lipinski definition) is 0. The molecule has 96 valence electrons. The topological polar surface area (TPSA) is 37.4 Å². The van der Waals surface area contributed by atoms with Crippen molar-refractivity contribution in [3.8, 4) is 0 Å². The molecule has 2 rings (SSSR count). The quantitative estimate of drug-likeness (QED) is 0.735. The molecule has 0 bridgehead atoms. The van der Waals surface area contributed by atoms with Crippen LogP contribution < -0.4 is 4.90 Å². The van der Waals surface area contributed by atoms with E-state index in [1.165, 1.54) is 4.90 Å². The fraction of sp³-hybridized carbons (Fsp3) is 0.385. The van der Waals surface area contributed by atoms with Gasteiger partial charge in [-0.3, -0.25) is 9.59 Å². The van der Waals surface area contributed by atoms with Crippen LogP contribution in [0.4, 0.5) is 5.69 Å². The minimum absolute atomic E-state index is 0.181. The fourth-order valence-corrected chi connectivity index (χ4v) is 2.69. The molecule has 1 aliphatic heterocycles. The van der Waals surface area contributed by atoms with Crippen LogP contribution in [0.1, 0.15) is 26.7 Å². The monoisotopic (exact) mass is 329 g/mol. The summed E-state index contributed by atoms with van der Waals surface area (Å²) in [5.74, 6) is -0.363. The third kappa shape index (κ3) is 2.59. The summed E-state index contributed by atoms with van der Waals surface area (Å²) in [5, 5.41) is 0.499. The van der Waals surface area contributed by atoms with E-state index in [9.17, 15) is 9.59 Å². The lowest BCUT2D eigenvalue weighted by molar-refractivity contribution is -0.132. The summed E-state index contributed by atoms with van der Waals surface area (Å²) in [4.78, 5) is 25.5. The first-order valence-corrected chi connectivity index (χ1v) is 6.78. The second kappa shape index (κ2) is 4.67. The number of benzene rings is 1. The van der Waals surface area contributed by atoms with E-state index in [1.54, 1.807) is 18.2 Å². The molecule has 3 nitrogen and oxygen atoms in total. The fourth-order valence-electron chi connectivity index (χ4n) is 2.10. The van der Waals surface area contributed by atoms with Gasteiger partial charge in [0.2, 0.25) is 11.8 Å². The van der Waals surface area contributed by atoms with Gasteiger partial charge in [0.25, 0.3) is 0 Å². The number of carbonyl (C=O) groups excluding carboxylic acids is 2. The highest BCUT2D eigenvalue weighted by atomic mass is 79.9. The predicted molar refractivity (Wildman–Crippen MR) is 74.7 cm³/mol. The number of halogens is 2. The molecule has 0 spiro atoms. The highest BCUT2D eigenvalue weighted by Crippen LogP contribution is 2.37. The number of anilines is 1. The van der Waals surface area contributed by atoms with Crippen molar-refractivity contribution >= 4 is 45.0 Å². The Bertz CT molecular complexity index is 508. The molecule has 1 heterocycles. The zero-order valence-corrected chi connectivity index (χ0v) is 12.5. The zero-order chi connectivity index (χ0) is 13.5. The second-order valence-electron chi connectivity index (χ2n) is 5.24. The van der Waals surface area contributed by atoms with E-state index in [0.717, 1.165) is 0 Å². The Morgan fingerprint density at radius 2 is 1.78 bits per heavy atom. The molecule has 1 fully saturated rings. The Hall–Kier alpha value is -0.870. The summed E-state index contributed by atoms with van der Waals surface area (Å²) in [7, 11) is 0. The van der Waals surface area contributed by atoms with Crippen molar-refractivity contribution in [2.24, 2.45) is 5.41 Å². The van der Waals surface area contributed by atoms with Crippen LogP contribution in [0.3, 0.4) is 0 Å². The van der Waals surface area contributed by atoms with Gasteiger partial charge in [0.15, 0.2) is 0 Å². The zero-order valence-electron chi connectivity index (χ0n) is 10.2. The minimum atomic E-state index is -0.268. The van der Waals surface area contributed by atoms with Crippen molar-refractivity contribution in [2.75, 3.05) is 4.90 Å². The molecule has 1 saturated heterocycles. The first-order valence-electron chi connectivity index (χ1n) is 5.61. The molecule has 5 heteroatoms. The third-order valence-electron chi connectivity index (χ3n) is 2.91. The maximum absolute atomic E-state index is 12.1. The molecule has 1 aromatic carbocycles. The largest absolute Gasteiger partial charge is 0.274 e. The van der Waals surface area contributed by atoms with Crippen molar-refractivity contribution in [2.45, 2.75) is 26.7 Å². The van der Waals surface area contributed by atoms with Gasteiger partial charge in [-0.2, -0.15) is 0 Å². The molecule has 0 radical (unpaired) electrons. The van der Waals surface area contributed by atoms with Crippen molar-refractivity contribution in [1.82, 2.24) is 0 Å². The predicted octanol–water partition coefficient (Wildman–Crippen LogP) is 3.78. The van der Waals surface area contributed by atoms with Crippen LogP contribution in [0.25, 0.3) is 0 Å². The Morgan fingerprint density at radius 3 is 2.33 bits per heavy atom. The summed E-state index contributed by atoms with van der Waals surface area (Å²) in [6.45, 7) is 3.85. The average molecular weight is 331 g/mol. The van der Waals surface area contributed by atoms with Gasteiger partial charge in [0, 0.05) is 22.3 Å². The smallest absolute Gasteiger partial charge is 0.234 e. The van der Waals surface area contributed by atoms with Gasteiger partial charge < -0.3 is 0 Å². The first kappa shape index (κ1) is 13.6. The third-order valence-corrected chi connectivity index (χ3v) is 3.81. The molecule has 1 aromatic rings. The lowest BCUT2D eigenvalue weighted by Crippen LogP contribution is -2.46. The molecular formula is C13H13BrClNO2. The van der Waals surface area contributed by atoms with Crippen molar-refractivity contribution in [3.63, 3.8) is 0 Å².